The summed E-state index contributed by atoms with van der Waals surface area (Å²) in [7, 11) is 0. The molecule has 1 aliphatic carbocycles. The van der Waals surface area contributed by atoms with E-state index in [4.69, 9.17) is 11.4 Å². The van der Waals surface area contributed by atoms with Gasteiger partial charge in [-0.05, 0) is 72.9 Å². The molecule has 3 amide bonds. The smallest absolute Gasteiger partial charge is 0.320 e. The summed E-state index contributed by atoms with van der Waals surface area (Å²) in [5.41, 5.74) is 3.96. The molecule has 0 aliphatic heterocycles. The highest BCUT2D eigenvalue weighted by atomic mass is 19.4. The number of carbonyl (C=O) groups excluding carboxylic acids is 2. The Balaban J connectivity index is 1.89. The second-order valence-corrected chi connectivity index (χ2v) is 11.4. The van der Waals surface area contributed by atoms with Crippen molar-refractivity contribution in [2.75, 3.05) is 5.32 Å². The first-order chi connectivity index (χ1) is 19.9. The van der Waals surface area contributed by atoms with E-state index in [1.807, 2.05) is 0 Å². The van der Waals surface area contributed by atoms with E-state index in [1.54, 1.807) is 12.1 Å². The number of hydrogen-bond donors (Lipinski definition) is 4. The SMILES string of the molecule is CC(C)(C)C1CCC(N(Cc2ccc(C(=O)N/C(N=N)=N/N)cc2)C(=O)Nc2cc(C(F)(F)F)cc(C(F)(F)F)c2)CC1. The van der Waals surface area contributed by atoms with E-state index in [0.29, 0.717) is 36.5 Å². The van der Waals surface area contributed by atoms with Gasteiger partial charge in [-0.1, -0.05) is 32.9 Å². The number of benzene rings is 2. The molecule has 0 heterocycles. The number of rotatable bonds is 5. The molecule has 1 fully saturated rings. The van der Waals surface area contributed by atoms with Gasteiger partial charge < -0.3 is 16.1 Å². The molecule has 15 heteroatoms. The van der Waals surface area contributed by atoms with Gasteiger partial charge in [0, 0.05) is 23.8 Å². The lowest BCUT2D eigenvalue weighted by atomic mass is 9.71. The van der Waals surface area contributed by atoms with Crippen LogP contribution < -0.4 is 16.5 Å². The van der Waals surface area contributed by atoms with Gasteiger partial charge in [-0.15, -0.1) is 10.2 Å². The Morgan fingerprint density at radius 1 is 0.930 bits per heavy atom. The number of amides is 3. The van der Waals surface area contributed by atoms with Crippen LogP contribution >= 0.6 is 0 Å². The number of guanidine groups is 1. The van der Waals surface area contributed by atoms with Crippen LogP contribution in [0.5, 0.6) is 0 Å². The van der Waals surface area contributed by atoms with Crippen molar-refractivity contribution in [3.8, 4) is 0 Å². The Morgan fingerprint density at radius 3 is 1.91 bits per heavy atom. The van der Waals surface area contributed by atoms with Gasteiger partial charge in [-0.25, -0.2) is 10.3 Å². The lowest BCUT2D eigenvalue weighted by Crippen LogP contribution is -2.45. The van der Waals surface area contributed by atoms with Crippen LogP contribution in [0, 0.1) is 16.9 Å². The van der Waals surface area contributed by atoms with Gasteiger partial charge in [0.15, 0.2) is 0 Å². The monoisotopic (exact) mass is 613 g/mol. The normalized spacial score (nSPS) is 18.1. The van der Waals surface area contributed by atoms with E-state index in [0.717, 1.165) is 12.8 Å². The average Bonchev–Trinajstić information content (AvgIpc) is 2.93. The Labute approximate surface area is 244 Å². The van der Waals surface area contributed by atoms with E-state index >= 15 is 0 Å². The zero-order chi connectivity index (χ0) is 32.2. The van der Waals surface area contributed by atoms with Crippen molar-refractivity contribution in [3.63, 3.8) is 0 Å². The van der Waals surface area contributed by atoms with Crippen LogP contribution in [0.4, 0.5) is 36.8 Å². The predicted octanol–water partition coefficient (Wildman–Crippen LogP) is 7.35. The zero-order valence-corrected chi connectivity index (χ0v) is 23.7. The summed E-state index contributed by atoms with van der Waals surface area (Å²) in [5.74, 6) is 4.36. The van der Waals surface area contributed by atoms with Gasteiger partial charge in [-0.3, -0.25) is 10.1 Å². The number of urea groups is 1. The van der Waals surface area contributed by atoms with Gasteiger partial charge in [0.1, 0.15) is 0 Å². The fraction of sp³-hybridized carbons (Fsp3) is 0.464. The van der Waals surface area contributed by atoms with Crippen LogP contribution in [0.15, 0.2) is 52.7 Å². The van der Waals surface area contributed by atoms with Crippen molar-refractivity contribution in [2.24, 2.45) is 27.4 Å². The molecule has 0 aromatic heterocycles. The number of anilines is 1. The maximum Gasteiger partial charge on any atom is 0.416 e. The average molecular weight is 614 g/mol. The van der Waals surface area contributed by atoms with E-state index in [2.05, 4.69) is 41.6 Å². The number of nitrogens with two attached hydrogens (primary N) is 1. The van der Waals surface area contributed by atoms with Crippen molar-refractivity contribution in [1.82, 2.24) is 10.2 Å². The lowest BCUT2D eigenvalue weighted by Gasteiger charge is -2.41. The molecule has 0 unspecified atom stereocenters. The van der Waals surface area contributed by atoms with Gasteiger partial charge in [0.2, 0.25) is 0 Å². The topological polar surface area (TPSA) is 136 Å². The summed E-state index contributed by atoms with van der Waals surface area (Å²) in [4.78, 5) is 27.3. The summed E-state index contributed by atoms with van der Waals surface area (Å²) < 4.78 is 80.4. The van der Waals surface area contributed by atoms with Crippen LogP contribution in [-0.2, 0) is 18.9 Å². The molecular formula is C28H33F6N7O2. The van der Waals surface area contributed by atoms with Gasteiger partial charge in [0.05, 0.1) is 11.1 Å². The number of carbonyl (C=O) groups is 2. The van der Waals surface area contributed by atoms with Crippen molar-refractivity contribution in [1.29, 1.82) is 5.53 Å². The highest BCUT2D eigenvalue weighted by molar-refractivity contribution is 6.05. The summed E-state index contributed by atoms with van der Waals surface area (Å²) in [6.45, 7) is 6.33. The molecular weight excluding hydrogens is 580 g/mol. The van der Waals surface area contributed by atoms with Crippen molar-refractivity contribution < 1.29 is 35.9 Å². The summed E-state index contributed by atoms with van der Waals surface area (Å²) in [6, 6.07) is 5.74. The van der Waals surface area contributed by atoms with Crippen LogP contribution in [0.1, 0.15) is 73.5 Å². The van der Waals surface area contributed by atoms with E-state index in [9.17, 15) is 35.9 Å². The molecule has 43 heavy (non-hydrogen) atoms. The van der Waals surface area contributed by atoms with Gasteiger partial charge in [0.25, 0.3) is 11.9 Å². The zero-order valence-electron chi connectivity index (χ0n) is 23.7. The fourth-order valence-electron chi connectivity index (χ4n) is 5.06. The molecule has 1 saturated carbocycles. The van der Waals surface area contributed by atoms with Crippen LogP contribution in [0.25, 0.3) is 0 Å². The number of hydrogen-bond acceptors (Lipinski definition) is 5. The van der Waals surface area contributed by atoms with Crippen LogP contribution in [0.2, 0.25) is 0 Å². The maximum atomic E-state index is 13.5. The number of nitrogens with one attached hydrogen (secondary N) is 3. The quantitative estimate of drug-likeness (QED) is 0.0701. The van der Waals surface area contributed by atoms with E-state index in [1.165, 1.54) is 17.0 Å². The molecule has 0 saturated heterocycles. The first kappa shape index (κ1) is 33.3. The second-order valence-electron chi connectivity index (χ2n) is 11.4. The first-order valence-corrected chi connectivity index (χ1v) is 13.3. The molecule has 1 aliphatic rings. The van der Waals surface area contributed by atoms with Crippen LogP contribution in [0.3, 0.4) is 0 Å². The Morgan fingerprint density at radius 2 is 1.47 bits per heavy atom. The Bertz CT molecular complexity index is 1310. The minimum Gasteiger partial charge on any atom is -0.320 e. The van der Waals surface area contributed by atoms with Crippen molar-refractivity contribution >= 4 is 23.6 Å². The van der Waals surface area contributed by atoms with E-state index in [-0.39, 0.29) is 29.6 Å². The largest absolute Gasteiger partial charge is 0.416 e. The molecule has 0 bridgehead atoms. The molecule has 5 N–H and O–H groups in total. The highest BCUT2D eigenvalue weighted by Crippen LogP contribution is 2.40. The Kier molecular flexibility index (Phi) is 10.1. The molecule has 0 radical (unpaired) electrons. The summed E-state index contributed by atoms with van der Waals surface area (Å²) in [5, 5.41) is 10.6. The number of hydrazone groups is 1. The molecule has 3 rings (SSSR count). The third-order valence-corrected chi connectivity index (χ3v) is 7.48. The summed E-state index contributed by atoms with van der Waals surface area (Å²) in [6.07, 6.45) is -7.39. The van der Waals surface area contributed by atoms with Crippen molar-refractivity contribution in [2.45, 2.75) is 71.4 Å². The molecule has 234 valence electrons. The molecule has 9 nitrogen and oxygen atoms in total. The molecule has 2 aromatic carbocycles. The molecule has 2 aromatic rings. The van der Waals surface area contributed by atoms with Crippen LogP contribution in [-0.4, -0.2) is 28.8 Å². The minimum atomic E-state index is -5.06. The minimum absolute atomic E-state index is 0.000613. The second kappa shape index (κ2) is 13.0. The predicted molar refractivity (Wildman–Crippen MR) is 147 cm³/mol. The molecule has 0 spiro atoms. The number of alkyl halides is 6. The number of halogens is 6. The lowest BCUT2D eigenvalue weighted by molar-refractivity contribution is -0.143. The van der Waals surface area contributed by atoms with E-state index < -0.39 is 47.1 Å². The first-order valence-electron chi connectivity index (χ1n) is 13.3. The third-order valence-electron chi connectivity index (χ3n) is 7.48. The molecule has 0 atom stereocenters. The maximum absolute atomic E-state index is 13.5. The van der Waals surface area contributed by atoms with Crippen molar-refractivity contribution in [3.05, 3.63) is 64.7 Å². The third kappa shape index (κ3) is 8.91. The highest BCUT2D eigenvalue weighted by Gasteiger charge is 2.38. The van der Waals surface area contributed by atoms with Gasteiger partial charge >= 0.3 is 18.4 Å². The fourth-order valence-corrected chi connectivity index (χ4v) is 5.06. The number of nitrogens with zero attached hydrogens (tertiary/aromatic N) is 3. The Hall–Kier alpha value is -4.17. The van der Waals surface area contributed by atoms with Gasteiger partial charge in [-0.2, -0.15) is 26.3 Å². The summed E-state index contributed by atoms with van der Waals surface area (Å²) >= 11 is 0. The standard InChI is InChI=1S/C28H33F6N7O2/c1-26(2,3)18-8-10-22(11-9-18)41(15-16-4-6-17(7-5-16)23(42)38-24(39-35)40-36)25(43)37-21-13-19(27(29,30)31)12-20(14-21)28(32,33)34/h4-7,12-14,18,22,35H,8-11,15,36H2,1-3H3,(H,37,43)(H,38,40,42).